The highest BCUT2D eigenvalue weighted by molar-refractivity contribution is 5.79. The van der Waals surface area contributed by atoms with E-state index in [-0.39, 0.29) is 18.4 Å². The molecule has 1 aliphatic rings. The fourth-order valence-corrected chi connectivity index (χ4v) is 3.86. The molecule has 34 heavy (non-hydrogen) atoms. The van der Waals surface area contributed by atoms with Crippen molar-refractivity contribution in [2.24, 2.45) is 0 Å². The number of halogens is 3. The Labute approximate surface area is 195 Å². The van der Waals surface area contributed by atoms with Crippen LogP contribution in [0.1, 0.15) is 29.0 Å². The molecule has 2 aromatic carbocycles. The third-order valence-corrected chi connectivity index (χ3v) is 5.38. The number of alkyl carbamates (subject to hydrolysis) is 1. The van der Waals surface area contributed by atoms with Crippen molar-refractivity contribution in [3.63, 3.8) is 0 Å². The first-order chi connectivity index (χ1) is 16.4. The lowest BCUT2D eigenvalue weighted by Crippen LogP contribution is -2.26. The minimum absolute atomic E-state index is 0.00799. The summed E-state index contributed by atoms with van der Waals surface area (Å²) in [4.78, 5) is 16.0. The first-order valence-corrected chi connectivity index (χ1v) is 10.8. The van der Waals surface area contributed by atoms with Crippen molar-refractivity contribution in [2.75, 3.05) is 19.8 Å². The number of rotatable bonds is 8. The minimum atomic E-state index is -4.40. The number of carbonyl (C=O) groups excluding carboxylic acids is 1. The lowest BCUT2D eigenvalue weighted by Gasteiger charge is -2.14. The SMILES string of the molecule is O=C(NCCC=Cc1ccc(OCC(F)(F)F)nc1)OCC1c2ccccc2-c2ccccc21. The van der Waals surface area contributed by atoms with Crippen LogP contribution >= 0.6 is 0 Å². The van der Waals surface area contributed by atoms with E-state index in [2.05, 4.69) is 39.3 Å². The molecule has 1 aliphatic carbocycles. The van der Waals surface area contributed by atoms with Crippen LogP contribution in [0.3, 0.4) is 0 Å². The molecule has 0 fully saturated rings. The summed E-state index contributed by atoms with van der Waals surface area (Å²) < 4.78 is 46.5. The van der Waals surface area contributed by atoms with Crippen LogP contribution in [-0.4, -0.2) is 37.0 Å². The Balaban J connectivity index is 1.20. The molecule has 1 heterocycles. The van der Waals surface area contributed by atoms with Crippen LogP contribution < -0.4 is 10.1 Å². The Kier molecular flexibility index (Phi) is 7.15. The van der Waals surface area contributed by atoms with Gasteiger partial charge < -0.3 is 14.8 Å². The molecule has 3 aromatic rings. The molecular formula is C26H23F3N2O3. The van der Waals surface area contributed by atoms with Crippen LogP contribution in [0.4, 0.5) is 18.0 Å². The molecule has 176 valence electrons. The van der Waals surface area contributed by atoms with E-state index in [1.807, 2.05) is 30.3 Å². The molecule has 5 nitrogen and oxygen atoms in total. The first kappa shape index (κ1) is 23.4. The van der Waals surface area contributed by atoms with Gasteiger partial charge >= 0.3 is 12.3 Å². The van der Waals surface area contributed by atoms with Crippen molar-refractivity contribution in [3.8, 4) is 17.0 Å². The number of benzene rings is 2. The summed E-state index contributed by atoms with van der Waals surface area (Å²) in [5, 5.41) is 2.73. The highest BCUT2D eigenvalue weighted by Gasteiger charge is 2.29. The number of carbonyl (C=O) groups is 1. The molecule has 4 rings (SSSR count). The Morgan fingerprint density at radius 2 is 1.68 bits per heavy atom. The largest absolute Gasteiger partial charge is 0.468 e. The van der Waals surface area contributed by atoms with E-state index < -0.39 is 18.9 Å². The Bertz CT molecular complexity index is 1110. The molecule has 0 spiro atoms. The second-order valence-corrected chi connectivity index (χ2v) is 7.78. The van der Waals surface area contributed by atoms with E-state index in [9.17, 15) is 18.0 Å². The predicted octanol–water partition coefficient (Wildman–Crippen LogP) is 5.96. The molecule has 0 saturated heterocycles. The van der Waals surface area contributed by atoms with Gasteiger partial charge in [0.25, 0.3) is 0 Å². The first-order valence-electron chi connectivity index (χ1n) is 10.8. The summed E-state index contributed by atoms with van der Waals surface area (Å²) in [6.07, 6.45) is 0.679. The van der Waals surface area contributed by atoms with Gasteiger partial charge in [0.1, 0.15) is 6.61 Å². The zero-order chi connectivity index (χ0) is 24.0. The number of pyridine rings is 1. The van der Waals surface area contributed by atoms with E-state index in [1.54, 1.807) is 12.1 Å². The van der Waals surface area contributed by atoms with E-state index in [1.165, 1.54) is 23.4 Å². The molecular weight excluding hydrogens is 445 g/mol. The van der Waals surface area contributed by atoms with Gasteiger partial charge in [-0.3, -0.25) is 0 Å². The number of nitrogens with one attached hydrogen (secondary N) is 1. The molecule has 0 aliphatic heterocycles. The number of aromatic nitrogens is 1. The summed E-state index contributed by atoms with van der Waals surface area (Å²) in [5.74, 6) is -0.0833. The van der Waals surface area contributed by atoms with Crippen molar-refractivity contribution in [3.05, 3.63) is 89.6 Å². The molecule has 1 amide bonds. The summed E-state index contributed by atoms with van der Waals surface area (Å²) >= 11 is 0. The van der Waals surface area contributed by atoms with Gasteiger partial charge in [-0.15, -0.1) is 0 Å². The van der Waals surface area contributed by atoms with Gasteiger partial charge in [0, 0.05) is 24.7 Å². The van der Waals surface area contributed by atoms with Gasteiger partial charge in [-0.25, -0.2) is 9.78 Å². The second-order valence-electron chi connectivity index (χ2n) is 7.78. The Hall–Kier alpha value is -3.81. The third-order valence-electron chi connectivity index (χ3n) is 5.38. The van der Waals surface area contributed by atoms with Crippen molar-refractivity contribution in [1.29, 1.82) is 0 Å². The number of amides is 1. The lowest BCUT2D eigenvalue weighted by atomic mass is 9.98. The fourth-order valence-electron chi connectivity index (χ4n) is 3.86. The lowest BCUT2D eigenvalue weighted by molar-refractivity contribution is -0.154. The third kappa shape index (κ3) is 5.95. The number of alkyl halides is 3. The molecule has 1 N–H and O–H groups in total. The summed E-state index contributed by atoms with van der Waals surface area (Å²) in [7, 11) is 0. The second kappa shape index (κ2) is 10.4. The van der Waals surface area contributed by atoms with Crippen molar-refractivity contribution < 1.29 is 27.4 Å². The Morgan fingerprint density at radius 1 is 1.00 bits per heavy atom. The van der Waals surface area contributed by atoms with Gasteiger partial charge in [-0.2, -0.15) is 13.2 Å². The van der Waals surface area contributed by atoms with Crippen LogP contribution in [0.5, 0.6) is 5.88 Å². The van der Waals surface area contributed by atoms with Gasteiger partial charge in [-0.05, 0) is 40.3 Å². The molecule has 0 unspecified atom stereocenters. The van der Waals surface area contributed by atoms with Crippen LogP contribution in [0.15, 0.2) is 72.9 Å². The van der Waals surface area contributed by atoms with E-state index in [0.717, 1.165) is 11.1 Å². The maximum Gasteiger partial charge on any atom is 0.422 e. The number of hydrogen-bond acceptors (Lipinski definition) is 4. The number of ether oxygens (including phenoxy) is 2. The standard InChI is InChI=1S/C26H23F3N2O3/c27-26(28,29)17-34-24-13-12-18(15-31-24)7-5-6-14-30-25(32)33-16-23-21-10-3-1-8-19(21)20-9-2-4-11-22(20)23/h1-5,7-13,15,23H,6,14,16-17H2,(H,30,32). The number of fused-ring (bicyclic) bond motifs is 3. The minimum Gasteiger partial charge on any atom is -0.468 e. The normalized spacial score (nSPS) is 12.9. The quantitative estimate of drug-likeness (QED) is 0.414. The van der Waals surface area contributed by atoms with Crippen molar-refractivity contribution >= 4 is 12.2 Å². The van der Waals surface area contributed by atoms with E-state index in [4.69, 9.17) is 4.74 Å². The molecule has 8 heteroatoms. The van der Waals surface area contributed by atoms with Crippen molar-refractivity contribution in [2.45, 2.75) is 18.5 Å². The summed E-state index contributed by atoms with van der Waals surface area (Å²) in [6, 6.07) is 19.3. The zero-order valence-corrected chi connectivity index (χ0v) is 18.2. The summed E-state index contributed by atoms with van der Waals surface area (Å²) in [6.45, 7) is -0.742. The summed E-state index contributed by atoms with van der Waals surface area (Å²) in [5.41, 5.74) is 5.37. The topological polar surface area (TPSA) is 60.5 Å². The van der Waals surface area contributed by atoms with E-state index >= 15 is 0 Å². The monoisotopic (exact) mass is 468 g/mol. The maximum atomic E-state index is 12.2. The van der Waals surface area contributed by atoms with Gasteiger partial charge in [-0.1, -0.05) is 60.7 Å². The maximum absolute atomic E-state index is 12.2. The molecule has 0 radical (unpaired) electrons. The van der Waals surface area contributed by atoms with Crippen LogP contribution in [0, 0.1) is 0 Å². The molecule has 0 saturated carbocycles. The van der Waals surface area contributed by atoms with Crippen molar-refractivity contribution in [1.82, 2.24) is 10.3 Å². The predicted molar refractivity (Wildman–Crippen MR) is 123 cm³/mol. The molecule has 0 bridgehead atoms. The van der Waals surface area contributed by atoms with Crippen LogP contribution in [-0.2, 0) is 4.74 Å². The molecule has 1 aromatic heterocycles. The Morgan fingerprint density at radius 3 is 2.29 bits per heavy atom. The van der Waals surface area contributed by atoms with Gasteiger partial charge in [0.05, 0.1) is 0 Å². The highest BCUT2D eigenvalue weighted by Crippen LogP contribution is 2.44. The van der Waals surface area contributed by atoms with Gasteiger partial charge in [0.2, 0.25) is 5.88 Å². The zero-order valence-electron chi connectivity index (χ0n) is 18.2. The fraction of sp³-hybridized carbons (Fsp3) is 0.231. The average molecular weight is 468 g/mol. The molecule has 0 atom stereocenters. The number of nitrogens with zero attached hydrogens (tertiary/aromatic N) is 1. The highest BCUT2D eigenvalue weighted by atomic mass is 19.4. The average Bonchev–Trinajstić information content (AvgIpc) is 3.15. The van der Waals surface area contributed by atoms with Crippen LogP contribution in [0.25, 0.3) is 17.2 Å². The van der Waals surface area contributed by atoms with E-state index in [0.29, 0.717) is 18.5 Å². The van der Waals surface area contributed by atoms with Crippen LogP contribution in [0.2, 0.25) is 0 Å². The van der Waals surface area contributed by atoms with Gasteiger partial charge in [0.15, 0.2) is 6.61 Å². The smallest absolute Gasteiger partial charge is 0.422 e. The number of hydrogen-bond donors (Lipinski definition) is 1.